The molecule has 0 aromatic carbocycles. The zero-order chi connectivity index (χ0) is 24.5. The van der Waals surface area contributed by atoms with Crippen molar-refractivity contribution >= 4 is 16.0 Å². The van der Waals surface area contributed by atoms with Crippen LogP contribution in [0.3, 0.4) is 0 Å². The Morgan fingerprint density at radius 2 is 0.879 bits per heavy atom. The average molecular weight is 490 g/mol. The van der Waals surface area contributed by atoms with Gasteiger partial charge < -0.3 is 5.32 Å². The summed E-state index contributed by atoms with van der Waals surface area (Å²) in [6, 6.07) is 0. The lowest BCUT2D eigenvalue weighted by molar-refractivity contribution is -0.121. The second kappa shape index (κ2) is 24.5. The summed E-state index contributed by atoms with van der Waals surface area (Å²) in [7, 11) is -3.99. The maximum Gasteiger partial charge on any atom is 0.266 e. The van der Waals surface area contributed by atoms with E-state index in [1.165, 1.54) is 122 Å². The number of unbranched alkanes of at least 4 members (excludes halogenated alkanes) is 21. The molecular weight excluding hydrogens is 434 g/mol. The Labute approximate surface area is 206 Å². The average Bonchev–Trinajstić information content (AvgIpc) is 2.76. The van der Waals surface area contributed by atoms with Gasteiger partial charge >= 0.3 is 0 Å². The van der Waals surface area contributed by atoms with Crippen molar-refractivity contribution in [2.75, 3.05) is 12.3 Å². The van der Waals surface area contributed by atoms with E-state index in [0.717, 1.165) is 19.3 Å². The zero-order valence-electron chi connectivity index (χ0n) is 21.8. The molecule has 6 heteroatoms. The smallest absolute Gasteiger partial charge is 0.266 e. The molecule has 2 N–H and O–H groups in total. The highest BCUT2D eigenvalue weighted by atomic mass is 32.2. The maximum atomic E-state index is 11.6. The fourth-order valence-corrected chi connectivity index (χ4v) is 4.66. The normalized spacial score (nSPS) is 11.7. The molecule has 0 fully saturated rings. The largest absolute Gasteiger partial charge is 0.355 e. The van der Waals surface area contributed by atoms with Gasteiger partial charge in [0.15, 0.2) is 0 Å². The number of nitrogens with one attached hydrogen (secondary N) is 1. The Hall–Kier alpha value is -0.620. The first-order valence-corrected chi connectivity index (χ1v) is 15.8. The first-order valence-electron chi connectivity index (χ1n) is 14.2. The summed E-state index contributed by atoms with van der Waals surface area (Å²) in [5.74, 6) is -0.551. The maximum absolute atomic E-state index is 11.6. The van der Waals surface area contributed by atoms with Crippen LogP contribution in [0.4, 0.5) is 0 Å². The third-order valence-corrected chi connectivity index (χ3v) is 7.16. The number of carbonyl (C=O) groups excluding carboxylic acids is 1. The number of hydrogen-bond donors (Lipinski definition) is 2. The molecule has 0 heterocycles. The van der Waals surface area contributed by atoms with E-state index in [-0.39, 0.29) is 12.5 Å². The van der Waals surface area contributed by atoms with Crippen LogP contribution in [-0.4, -0.2) is 31.2 Å². The molecule has 1 amide bonds. The monoisotopic (exact) mass is 489 g/mol. The van der Waals surface area contributed by atoms with Crippen LogP contribution in [0.15, 0.2) is 0 Å². The van der Waals surface area contributed by atoms with E-state index >= 15 is 0 Å². The molecule has 0 aliphatic heterocycles. The molecule has 33 heavy (non-hydrogen) atoms. The van der Waals surface area contributed by atoms with Crippen LogP contribution in [0, 0.1) is 0 Å². The fourth-order valence-electron chi connectivity index (χ4n) is 4.30. The standard InChI is InChI=1S/C27H55NO4S/c1-2-3-4-5-6-7-8-9-10-11-12-13-14-15-16-17-18-19-20-21-22-23-24-27(29)28-25-26-33(30,31)32/h2-26H2,1H3,(H,28,29)(H,30,31,32). The van der Waals surface area contributed by atoms with Crippen molar-refractivity contribution < 1.29 is 17.8 Å². The van der Waals surface area contributed by atoms with Crippen LogP contribution < -0.4 is 5.32 Å². The van der Waals surface area contributed by atoms with Crippen LogP contribution in [0.2, 0.25) is 0 Å². The van der Waals surface area contributed by atoms with Crippen molar-refractivity contribution in [2.45, 2.75) is 155 Å². The Balaban J connectivity index is 3.13. The molecule has 0 aromatic rings. The number of amides is 1. The SMILES string of the molecule is CCCCCCCCCCCCCCCCCCCCCCCCC(=O)NCCS(=O)(=O)O. The summed E-state index contributed by atoms with van der Waals surface area (Å²) in [5, 5.41) is 2.52. The highest BCUT2D eigenvalue weighted by Gasteiger charge is 2.06. The molecular formula is C27H55NO4S. The van der Waals surface area contributed by atoms with Gasteiger partial charge in [0.1, 0.15) is 0 Å². The Kier molecular flexibility index (Phi) is 24.0. The molecule has 0 aliphatic rings. The van der Waals surface area contributed by atoms with Gasteiger partial charge in [-0.25, -0.2) is 0 Å². The molecule has 0 atom stereocenters. The van der Waals surface area contributed by atoms with Gasteiger partial charge in [0.05, 0.1) is 5.75 Å². The molecule has 0 rings (SSSR count). The highest BCUT2D eigenvalue weighted by Crippen LogP contribution is 2.15. The summed E-state index contributed by atoms with van der Waals surface area (Å²) in [5.41, 5.74) is 0. The number of rotatable bonds is 26. The molecule has 198 valence electrons. The lowest BCUT2D eigenvalue weighted by atomic mass is 10.0. The van der Waals surface area contributed by atoms with Gasteiger partial charge in [0.25, 0.3) is 10.1 Å². The van der Waals surface area contributed by atoms with Gasteiger partial charge in [0, 0.05) is 13.0 Å². The first-order chi connectivity index (χ1) is 16.0. The third kappa shape index (κ3) is 29.3. The minimum atomic E-state index is -3.99. The van der Waals surface area contributed by atoms with E-state index in [1.54, 1.807) is 0 Å². The number of hydrogen-bond acceptors (Lipinski definition) is 3. The second-order valence-electron chi connectivity index (χ2n) is 9.81. The van der Waals surface area contributed by atoms with Gasteiger partial charge in [-0.2, -0.15) is 8.42 Å². The van der Waals surface area contributed by atoms with E-state index in [0.29, 0.717) is 6.42 Å². The molecule has 0 aromatic heterocycles. The first kappa shape index (κ1) is 32.4. The summed E-state index contributed by atoms with van der Waals surface area (Å²) >= 11 is 0. The van der Waals surface area contributed by atoms with E-state index in [4.69, 9.17) is 4.55 Å². The van der Waals surface area contributed by atoms with E-state index in [2.05, 4.69) is 12.2 Å². The van der Waals surface area contributed by atoms with Gasteiger partial charge in [-0.1, -0.05) is 142 Å². The molecule has 0 saturated carbocycles. The van der Waals surface area contributed by atoms with Crippen LogP contribution in [0.5, 0.6) is 0 Å². The number of carbonyl (C=O) groups is 1. The molecule has 0 radical (unpaired) electrons. The van der Waals surface area contributed by atoms with Crippen molar-refractivity contribution in [1.82, 2.24) is 5.32 Å². The van der Waals surface area contributed by atoms with Crippen LogP contribution in [-0.2, 0) is 14.9 Å². The van der Waals surface area contributed by atoms with E-state index in [9.17, 15) is 13.2 Å². The van der Waals surface area contributed by atoms with Crippen LogP contribution in [0.25, 0.3) is 0 Å². The minimum absolute atomic E-state index is 0.0169. The van der Waals surface area contributed by atoms with Crippen LogP contribution in [0.1, 0.15) is 155 Å². The molecule has 0 bridgehead atoms. The van der Waals surface area contributed by atoms with E-state index in [1.807, 2.05) is 0 Å². The summed E-state index contributed by atoms with van der Waals surface area (Å²) < 4.78 is 29.8. The summed E-state index contributed by atoms with van der Waals surface area (Å²) in [6.45, 7) is 2.26. The topological polar surface area (TPSA) is 83.5 Å². The molecule has 0 spiro atoms. The molecule has 0 aliphatic carbocycles. The van der Waals surface area contributed by atoms with Gasteiger partial charge in [-0.15, -0.1) is 0 Å². The van der Waals surface area contributed by atoms with Gasteiger partial charge in [-0.3, -0.25) is 9.35 Å². The summed E-state index contributed by atoms with van der Waals surface area (Å²) in [6.07, 6.45) is 30.0. The van der Waals surface area contributed by atoms with Crippen molar-refractivity contribution in [3.63, 3.8) is 0 Å². The zero-order valence-corrected chi connectivity index (χ0v) is 22.6. The third-order valence-electron chi connectivity index (χ3n) is 6.44. The summed E-state index contributed by atoms with van der Waals surface area (Å²) in [4.78, 5) is 11.6. The minimum Gasteiger partial charge on any atom is -0.355 e. The Bertz CT molecular complexity index is 522. The lowest BCUT2D eigenvalue weighted by Gasteiger charge is -2.05. The Morgan fingerprint density at radius 1 is 0.576 bits per heavy atom. The van der Waals surface area contributed by atoms with Crippen LogP contribution >= 0.6 is 0 Å². The van der Waals surface area contributed by atoms with E-state index < -0.39 is 15.9 Å². The predicted octanol–water partition coefficient (Wildman–Crippen LogP) is 7.98. The molecule has 0 unspecified atom stereocenters. The van der Waals surface area contributed by atoms with Crippen molar-refractivity contribution in [3.8, 4) is 0 Å². The lowest BCUT2D eigenvalue weighted by Crippen LogP contribution is -2.28. The Morgan fingerprint density at radius 3 is 1.18 bits per heavy atom. The van der Waals surface area contributed by atoms with Gasteiger partial charge in [0.2, 0.25) is 5.91 Å². The predicted molar refractivity (Wildman–Crippen MR) is 141 cm³/mol. The van der Waals surface area contributed by atoms with Crippen molar-refractivity contribution in [3.05, 3.63) is 0 Å². The molecule has 5 nitrogen and oxygen atoms in total. The fraction of sp³-hybridized carbons (Fsp3) is 0.963. The quantitative estimate of drug-likeness (QED) is 0.0952. The highest BCUT2D eigenvalue weighted by molar-refractivity contribution is 7.85. The van der Waals surface area contributed by atoms with Crippen molar-refractivity contribution in [2.24, 2.45) is 0 Å². The molecule has 0 saturated heterocycles. The van der Waals surface area contributed by atoms with Gasteiger partial charge in [-0.05, 0) is 6.42 Å². The van der Waals surface area contributed by atoms with Crippen molar-refractivity contribution in [1.29, 1.82) is 0 Å². The second-order valence-corrected chi connectivity index (χ2v) is 11.4.